The number of alkyl halides is 3. The first kappa shape index (κ1) is 24.8. The maximum Gasteiger partial charge on any atom is 0.471 e. The van der Waals surface area contributed by atoms with E-state index in [0.29, 0.717) is 29.8 Å². The topological polar surface area (TPSA) is 62.5 Å². The number of nitrogens with two attached hydrogens (primary N) is 1. The summed E-state index contributed by atoms with van der Waals surface area (Å²) in [7, 11) is 0. The van der Waals surface area contributed by atoms with E-state index in [-0.39, 0.29) is 30.3 Å². The number of aromatic nitrogens is 1. The van der Waals surface area contributed by atoms with Crippen molar-refractivity contribution >= 4 is 28.9 Å². The van der Waals surface area contributed by atoms with Gasteiger partial charge in [0.1, 0.15) is 0 Å². The summed E-state index contributed by atoms with van der Waals surface area (Å²) in [5.74, 6) is -2.57. The van der Waals surface area contributed by atoms with Crippen molar-refractivity contribution in [1.82, 2.24) is 9.88 Å². The number of nitrogen functional groups attached to an aromatic ring is 1. The lowest BCUT2D eigenvalue weighted by Gasteiger charge is -2.34. The van der Waals surface area contributed by atoms with Crippen LogP contribution >= 0.6 is 11.6 Å². The molecule has 0 saturated carbocycles. The average Bonchev–Trinajstić information content (AvgIpc) is 2.97. The smallest absolute Gasteiger partial charge is 0.396 e. The molecule has 5 nitrogen and oxygen atoms in total. The van der Waals surface area contributed by atoms with Gasteiger partial charge in [0.25, 0.3) is 0 Å². The zero-order valence-electron chi connectivity index (χ0n) is 18.6. The number of fused-ring (bicyclic) bond motifs is 1. The number of benzene rings is 2. The molecule has 1 aliphatic heterocycles. The van der Waals surface area contributed by atoms with Crippen molar-refractivity contribution in [2.24, 2.45) is 0 Å². The molecule has 3 aromatic rings. The first-order valence-corrected chi connectivity index (χ1v) is 11.3. The fraction of sp³-hybridized carbons (Fsp3) is 0.280. The molecule has 1 aromatic heterocycles. The summed E-state index contributed by atoms with van der Waals surface area (Å²) in [4.78, 5) is 19.1. The monoisotopic (exact) mass is 506 g/mol. The van der Waals surface area contributed by atoms with Crippen LogP contribution in [-0.2, 0) is 24.3 Å². The van der Waals surface area contributed by atoms with Crippen LogP contribution in [0.4, 0.5) is 28.9 Å². The number of anilines is 2. The van der Waals surface area contributed by atoms with Crippen LogP contribution in [0.3, 0.4) is 0 Å². The second-order valence-corrected chi connectivity index (χ2v) is 8.83. The van der Waals surface area contributed by atoms with E-state index in [2.05, 4.69) is 4.98 Å². The molecule has 1 unspecified atom stereocenters. The molecular weight excluding hydrogens is 484 g/mol. The number of aryl methyl sites for hydroxylation is 1. The molecule has 0 saturated heterocycles. The first-order valence-electron chi connectivity index (χ1n) is 11.0. The van der Waals surface area contributed by atoms with E-state index in [4.69, 9.17) is 17.3 Å². The minimum Gasteiger partial charge on any atom is -0.396 e. The molecule has 0 bridgehead atoms. The highest BCUT2D eigenvalue weighted by atomic mass is 35.5. The van der Waals surface area contributed by atoms with Crippen molar-refractivity contribution in [2.75, 3.05) is 17.2 Å². The zero-order chi connectivity index (χ0) is 25.2. The van der Waals surface area contributed by atoms with Gasteiger partial charge in [0.05, 0.1) is 24.1 Å². The average molecular weight is 507 g/mol. The highest BCUT2D eigenvalue weighted by Gasteiger charge is 2.44. The maximum atomic E-state index is 13.7. The summed E-state index contributed by atoms with van der Waals surface area (Å²) in [5.41, 5.74) is 8.10. The van der Waals surface area contributed by atoms with Crippen molar-refractivity contribution in [3.63, 3.8) is 0 Å². The third-order valence-corrected chi connectivity index (χ3v) is 6.39. The Bertz CT molecular complexity index is 1210. The summed E-state index contributed by atoms with van der Waals surface area (Å²) in [6.07, 6.45) is -2.98. The largest absolute Gasteiger partial charge is 0.471 e. The Morgan fingerprint density at radius 1 is 1.14 bits per heavy atom. The lowest BCUT2D eigenvalue weighted by molar-refractivity contribution is -0.186. The Morgan fingerprint density at radius 2 is 1.89 bits per heavy atom. The zero-order valence-corrected chi connectivity index (χ0v) is 19.4. The molecule has 2 aromatic carbocycles. The van der Waals surface area contributed by atoms with Crippen LogP contribution in [0.2, 0.25) is 5.02 Å². The molecule has 4 rings (SSSR count). The summed E-state index contributed by atoms with van der Waals surface area (Å²) in [6, 6.07) is 15.5. The molecule has 1 amide bonds. The third-order valence-electron chi connectivity index (χ3n) is 6.04. The number of pyridine rings is 1. The van der Waals surface area contributed by atoms with Crippen LogP contribution in [0.5, 0.6) is 0 Å². The predicted molar refractivity (Wildman–Crippen MR) is 126 cm³/mol. The fourth-order valence-corrected chi connectivity index (χ4v) is 4.54. The van der Waals surface area contributed by atoms with Gasteiger partial charge in [-0.3, -0.25) is 9.78 Å². The van der Waals surface area contributed by atoms with E-state index in [9.17, 15) is 22.4 Å². The SMILES string of the molecule is Nc1cc(CN2c3cccc(Cl)c3CN(C(=O)C(F)(F)F)CC2CCc2ccccc2)ncc1F. The van der Waals surface area contributed by atoms with Crippen LogP contribution < -0.4 is 10.6 Å². The van der Waals surface area contributed by atoms with Crippen LogP contribution in [0.25, 0.3) is 0 Å². The third kappa shape index (κ3) is 5.67. The summed E-state index contributed by atoms with van der Waals surface area (Å²) < 4.78 is 54.1. The number of carbonyl (C=O) groups is 1. The highest BCUT2D eigenvalue weighted by Crippen LogP contribution is 2.36. The molecule has 0 aliphatic carbocycles. The molecule has 0 radical (unpaired) electrons. The predicted octanol–water partition coefficient (Wildman–Crippen LogP) is 5.37. The molecule has 2 heterocycles. The van der Waals surface area contributed by atoms with Gasteiger partial charge in [-0.05, 0) is 36.6 Å². The Morgan fingerprint density at radius 3 is 2.57 bits per heavy atom. The molecular formula is C25H23ClF4N4O. The van der Waals surface area contributed by atoms with Crippen molar-refractivity contribution < 1.29 is 22.4 Å². The minimum atomic E-state index is -5.02. The van der Waals surface area contributed by atoms with Crippen LogP contribution in [0.1, 0.15) is 23.2 Å². The number of halogens is 5. The molecule has 10 heteroatoms. The fourth-order valence-electron chi connectivity index (χ4n) is 4.31. The summed E-state index contributed by atoms with van der Waals surface area (Å²) in [6.45, 7) is -0.317. The maximum absolute atomic E-state index is 13.7. The number of nitrogens with zero attached hydrogens (tertiary/aromatic N) is 3. The van der Waals surface area contributed by atoms with Gasteiger partial charge >= 0.3 is 12.1 Å². The van der Waals surface area contributed by atoms with E-state index < -0.39 is 23.9 Å². The molecule has 184 valence electrons. The second-order valence-electron chi connectivity index (χ2n) is 8.42. The molecule has 35 heavy (non-hydrogen) atoms. The van der Waals surface area contributed by atoms with Crippen LogP contribution in [0, 0.1) is 5.82 Å². The summed E-state index contributed by atoms with van der Waals surface area (Å²) >= 11 is 6.40. The lowest BCUT2D eigenvalue weighted by Crippen LogP contribution is -2.47. The van der Waals surface area contributed by atoms with Gasteiger partial charge in [-0.1, -0.05) is 48.0 Å². The summed E-state index contributed by atoms with van der Waals surface area (Å²) in [5, 5.41) is 0.253. The van der Waals surface area contributed by atoms with Gasteiger partial charge in [0.15, 0.2) is 5.82 Å². The van der Waals surface area contributed by atoms with Gasteiger partial charge in [0.2, 0.25) is 0 Å². The van der Waals surface area contributed by atoms with E-state index in [0.717, 1.165) is 16.7 Å². The number of amides is 1. The quantitative estimate of drug-likeness (QED) is 0.473. The van der Waals surface area contributed by atoms with Crippen molar-refractivity contribution in [3.05, 3.63) is 88.5 Å². The number of hydrogen-bond donors (Lipinski definition) is 1. The molecule has 0 fully saturated rings. The number of hydrogen-bond acceptors (Lipinski definition) is 4. The Labute approximate surface area is 205 Å². The van der Waals surface area contributed by atoms with Crippen LogP contribution in [-0.4, -0.2) is 34.6 Å². The van der Waals surface area contributed by atoms with Crippen molar-refractivity contribution in [1.29, 1.82) is 0 Å². The van der Waals surface area contributed by atoms with Crippen molar-refractivity contribution in [3.8, 4) is 0 Å². The highest BCUT2D eigenvalue weighted by molar-refractivity contribution is 6.31. The normalized spacial score (nSPS) is 16.1. The van der Waals surface area contributed by atoms with Gasteiger partial charge in [-0.2, -0.15) is 13.2 Å². The Balaban J connectivity index is 1.76. The number of carbonyl (C=O) groups excluding carboxylic acids is 1. The molecule has 1 aliphatic rings. The van der Waals surface area contributed by atoms with E-state index in [1.165, 1.54) is 6.07 Å². The second kappa shape index (κ2) is 10.1. The van der Waals surface area contributed by atoms with E-state index in [1.54, 1.807) is 18.2 Å². The van der Waals surface area contributed by atoms with E-state index in [1.807, 2.05) is 35.2 Å². The van der Waals surface area contributed by atoms with Gasteiger partial charge in [0, 0.05) is 35.4 Å². The Kier molecular flexibility index (Phi) is 7.16. The van der Waals surface area contributed by atoms with Gasteiger partial charge in [-0.15, -0.1) is 0 Å². The first-order chi connectivity index (χ1) is 16.6. The molecule has 0 spiro atoms. The van der Waals surface area contributed by atoms with E-state index >= 15 is 0 Å². The van der Waals surface area contributed by atoms with Gasteiger partial charge in [-0.25, -0.2) is 4.39 Å². The molecule has 1 atom stereocenters. The van der Waals surface area contributed by atoms with Crippen molar-refractivity contribution in [2.45, 2.75) is 38.1 Å². The lowest BCUT2D eigenvalue weighted by atomic mass is 10.0. The number of rotatable bonds is 5. The minimum absolute atomic E-state index is 0.0779. The Hall–Kier alpha value is -3.33. The molecule has 2 N–H and O–H groups in total. The standard InChI is InChI=1S/C25H23ClF4N4O/c26-20-7-4-8-23-19(20)15-33(24(35)25(28,29)30)14-18(10-9-16-5-2-1-3-6-16)34(23)13-17-11-22(31)21(27)12-32-17/h1-8,11-12,18H,9-10,13-15H2,(H2,31,32). The van der Waals surface area contributed by atoms with Gasteiger partial charge < -0.3 is 15.5 Å². The van der Waals surface area contributed by atoms with Crippen LogP contribution in [0.15, 0.2) is 60.8 Å².